The topological polar surface area (TPSA) is 39.1 Å². The molecule has 0 spiro atoms. The number of hydrogen-bond acceptors (Lipinski definition) is 2. The van der Waals surface area contributed by atoms with Gasteiger partial charge >= 0.3 is 0 Å². The quantitative estimate of drug-likeness (QED) is 0.538. The van der Waals surface area contributed by atoms with E-state index in [4.69, 9.17) is 0 Å². The van der Waals surface area contributed by atoms with Crippen molar-refractivity contribution in [1.82, 2.24) is 4.57 Å². The van der Waals surface area contributed by atoms with Gasteiger partial charge in [-0.15, -0.1) is 0 Å². The molecular formula is C7H6NO2. The highest BCUT2D eigenvalue weighted by Crippen LogP contribution is 1.83. The van der Waals surface area contributed by atoms with Crippen molar-refractivity contribution in [2.75, 3.05) is 0 Å². The molecule has 0 aromatic carbocycles. The summed E-state index contributed by atoms with van der Waals surface area (Å²) in [5.41, 5.74) is -0.234. The molecule has 1 radical (unpaired) electrons. The van der Waals surface area contributed by atoms with Crippen molar-refractivity contribution in [1.29, 1.82) is 0 Å². The van der Waals surface area contributed by atoms with E-state index in [9.17, 15) is 9.59 Å². The molecule has 0 saturated heterocycles. The smallest absolute Gasteiger partial charge is 0.261 e. The molecular weight excluding hydrogens is 130 g/mol. The molecule has 0 unspecified atom stereocenters. The van der Waals surface area contributed by atoms with Crippen LogP contribution in [0.15, 0.2) is 23.1 Å². The number of hydrogen-bond donors (Lipinski definition) is 0. The molecule has 0 aliphatic carbocycles. The Morgan fingerprint density at radius 3 is 2.80 bits per heavy atom. The van der Waals surface area contributed by atoms with E-state index in [1.807, 2.05) is 0 Å². The number of pyridine rings is 1. The number of nitrogens with zero attached hydrogens (tertiary/aromatic N) is 1. The second-order valence-corrected chi connectivity index (χ2v) is 1.94. The van der Waals surface area contributed by atoms with Crippen molar-refractivity contribution in [3.63, 3.8) is 0 Å². The lowest BCUT2D eigenvalue weighted by molar-refractivity contribution is 0.562. The third kappa shape index (κ3) is 0.978. The average molecular weight is 136 g/mol. The summed E-state index contributed by atoms with van der Waals surface area (Å²) in [6.45, 7) is 0. The van der Waals surface area contributed by atoms with Crippen LogP contribution in [0.2, 0.25) is 0 Å². The fourth-order valence-electron chi connectivity index (χ4n) is 0.675. The maximum absolute atomic E-state index is 10.9. The van der Waals surface area contributed by atoms with E-state index < -0.39 is 0 Å². The van der Waals surface area contributed by atoms with Crippen LogP contribution in [0.3, 0.4) is 0 Å². The Hall–Kier alpha value is -1.38. The SMILES string of the molecule is Cn1cccc([C]=O)c1=O. The van der Waals surface area contributed by atoms with Crippen LogP contribution in [0.1, 0.15) is 5.56 Å². The largest absolute Gasteiger partial charge is 0.318 e. The molecule has 1 aromatic heterocycles. The molecule has 0 bridgehead atoms. The minimum atomic E-state index is -0.308. The number of aromatic nitrogens is 1. The first-order chi connectivity index (χ1) is 4.75. The molecule has 51 valence electrons. The van der Waals surface area contributed by atoms with Gasteiger partial charge in [-0.3, -0.25) is 9.59 Å². The summed E-state index contributed by atoms with van der Waals surface area (Å²) in [5.74, 6) is 0. The van der Waals surface area contributed by atoms with Crippen LogP contribution in [-0.2, 0) is 11.8 Å². The van der Waals surface area contributed by atoms with E-state index in [0.29, 0.717) is 0 Å². The summed E-state index contributed by atoms with van der Waals surface area (Å²) < 4.78 is 1.33. The molecule has 0 fully saturated rings. The van der Waals surface area contributed by atoms with Crippen LogP contribution < -0.4 is 5.56 Å². The van der Waals surface area contributed by atoms with Gasteiger partial charge in [-0.2, -0.15) is 0 Å². The third-order valence-electron chi connectivity index (χ3n) is 1.23. The van der Waals surface area contributed by atoms with Gasteiger partial charge in [-0.1, -0.05) is 0 Å². The zero-order valence-corrected chi connectivity index (χ0v) is 5.50. The average Bonchev–Trinajstić information content (AvgIpc) is 1.95. The van der Waals surface area contributed by atoms with Gasteiger partial charge in [-0.25, -0.2) is 0 Å². The molecule has 0 aliphatic heterocycles. The Morgan fingerprint density at radius 2 is 2.30 bits per heavy atom. The van der Waals surface area contributed by atoms with E-state index in [0.717, 1.165) is 0 Å². The van der Waals surface area contributed by atoms with Gasteiger partial charge in [0.05, 0.1) is 5.56 Å². The van der Waals surface area contributed by atoms with Crippen LogP contribution in [-0.4, -0.2) is 10.9 Å². The van der Waals surface area contributed by atoms with Crippen molar-refractivity contribution >= 4 is 6.29 Å². The van der Waals surface area contributed by atoms with Crippen molar-refractivity contribution < 1.29 is 4.79 Å². The van der Waals surface area contributed by atoms with Gasteiger partial charge in [-0.05, 0) is 12.1 Å². The first-order valence-corrected chi connectivity index (χ1v) is 2.79. The fourth-order valence-corrected chi connectivity index (χ4v) is 0.675. The third-order valence-corrected chi connectivity index (χ3v) is 1.23. The molecule has 1 rings (SSSR count). The summed E-state index contributed by atoms with van der Waals surface area (Å²) >= 11 is 0. The summed E-state index contributed by atoms with van der Waals surface area (Å²) in [4.78, 5) is 20.9. The second kappa shape index (κ2) is 2.47. The van der Waals surface area contributed by atoms with Crippen LogP contribution in [0, 0.1) is 0 Å². The number of rotatable bonds is 1. The maximum Gasteiger partial charge on any atom is 0.261 e. The van der Waals surface area contributed by atoms with Crippen LogP contribution in [0.4, 0.5) is 0 Å². The zero-order valence-electron chi connectivity index (χ0n) is 5.50. The van der Waals surface area contributed by atoms with Gasteiger partial charge in [0.2, 0.25) is 6.29 Å². The minimum Gasteiger partial charge on any atom is -0.318 e. The highest BCUT2D eigenvalue weighted by molar-refractivity contribution is 5.74. The van der Waals surface area contributed by atoms with E-state index in [2.05, 4.69) is 0 Å². The van der Waals surface area contributed by atoms with E-state index >= 15 is 0 Å². The molecule has 10 heavy (non-hydrogen) atoms. The van der Waals surface area contributed by atoms with Crippen LogP contribution in [0.5, 0.6) is 0 Å². The molecule has 0 aliphatic rings. The van der Waals surface area contributed by atoms with E-state index in [1.54, 1.807) is 25.6 Å². The zero-order chi connectivity index (χ0) is 7.56. The highest BCUT2D eigenvalue weighted by Gasteiger charge is 1.96. The Bertz CT molecular complexity index is 301. The normalized spacial score (nSPS) is 9.30. The fraction of sp³-hybridized carbons (Fsp3) is 0.143. The van der Waals surface area contributed by atoms with Gasteiger partial charge in [0.15, 0.2) is 0 Å². The molecule has 3 heteroatoms. The Kier molecular flexibility index (Phi) is 1.67. The van der Waals surface area contributed by atoms with Crippen molar-refractivity contribution in [2.24, 2.45) is 7.05 Å². The van der Waals surface area contributed by atoms with Gasteiger partial charge < -0.3 is 4.57 Å². The van der Waals surface area contributed by atoms with Crippen LogP contribution >= 0.6 is 0 Å². The first kappa shape index (κ1) is 6.74. The van der Waals surface area contributed by atoms with Crippen molar-refractivity contribution in [3.05, 3.63) is 34.2 Å². The predicted molar refractivity (Wildman–Crippen MR) is 36.5 cm³/mol. The predicted octanol–water partition coefficient (Wildman–Crippen LogP) is -0.157. The van der Waals surface area contributed by atoms with E-state index in [1.165, 1.54) is 10.6 Å². The van der Waals surface area contributed by atoms with Gasteiger partial charge in [0, 0.05) is 13.2 Å². The minimum absolute atomic E-state index is 0.0741. The molecule has 0 atom stereocenters. The standard InChI is InChI=1S/C7H6NO2/c1-8-4-2-3-6(5-9)7(8)10/h2-4H,1H3. The molecule has 3 nitrogen and oxygen atoms in total. The number of carbonyl (C=O) groups excluding carboxylic acids is 1. The van der Waals surface area contributed by atoms with Crippen LogP contribution in [0.25, 0.3) is 0 Å². The summed E-state index contributed by atoms with van der Waals surface area (Å²) in [6, 6.07) is 3.07. The lowest BCUT2D eigenvalue weighted by Gasteiger charge is -1.93. The molecule has 1 heterocycles. The molecule has 0 amide bonds. The highest BCUT2D eigenvalue weighted by atomic mass is 16.1. The van der Waals surface area contributed by atoms with Gasteiger partial charge in [0.25, 0.3) is 5.56 Å². The lowest BCUT2D eigenvalue weighted by Crippen LogP contribution is -2.19. The van der Waals surface area contributed by atoms with Crippen molar-refractivity contribution in [3.8, 4) is 0 Å². The first-order valence-electron chi connectivity index (χ1n) is 2.79. The van der Waals surface area contributed by atoms with Crippen molar-refractivity contribution in [2.45, 2.75) is 0 Å². The summed E-state index contributed by atoms with van der Waals surface area (Å²) in [5, 5.41) is 0. The summed E-state index contributed by atoms with van der Waals surface area (Å²) in [7, 11) is 1.59. The summed E-state index contributed by atoms with van der Waals surface area (Å²) in [6.07, 6.45) is 3.14. The Labute approximate surface area is 57.9 Å². The second-order valence-electron chi connectivity index (χ2n) is 1.94. The maximum atomic E-state index is 10.9. The Morgan fingerprint density at radius 1 is 1.60 bits per heavy atom. The lowest BCUT2D eigenvalue weighted by atomic mass is 10.3. The van der Waals surface area contributed by atoms with E-state index in [-0.39, 0.29) is 11.1 Å². The number of aryl methyl sites for hydroxylation is 1. The molecule has 1 aromatic rings. The monoisotopic (exact) mass is 136 g/mol. The Balaban J connectivity index is 3.42. The molecule has 0 N–H and O–H groups in total. The van der Waals surface area contributed by atoms with Gasteiger partial charge in [0.1, 0.15) is 0 Å². The molecule has 0 saturated carbocycles.